The molecule has 0 atom stereocenters. The van der Waals surface area contributed by atoms with E-state index in [0.29, 0.717) is 5.88 Å². The molecule has 0 saturated heterocycles. The van der Waals surface area contributed by atoms with Crippen molar-refractivity contribution in [1.29, 1.82) is 0 Å². The van der Waals surface area contributed by atoms with E-state index in [1.54, 1.807) is 7.11 Å². The van der Waals surface area contributed by atoms with E-state index in [1.165, 1.54) is 0 Å². The first-order chi connectivity index (χ1) is 7.36. The molecule has 0 saturated carbocycles. The zero-order valence-corrected chi connectivity index (χ0v) is 9.07. The summed E-state index contributed by atoms with van der Waals surface area (Å²) in [6, 6.07) is 5.63. The first-order valence-corrected chi connectivity index (χ1v) is 5.22. The number of aliphatic hydroxyl groups is 1. The van der Waals surface area contributed by atoms with Gasteiger partial charge in [-0.1, -0.05) is 6.07 Å². The summed E-state index contributed by atoms with van der Waals surface area (Å²) in [4.78, 5) is 4.23. The van der Waals surface area contributed by atoms with Crippen LogP contribution in [0.15, 0.2) is 18.2 Å². The summed E-state index contributed by atoms with van der Waals surface area (Å²) in [6.45, 7) is 1.15. The Balaban J connectivity index is 2.24. The van der Waals surface area contributed by atoms with Gasteiger partial charge in [-0.25, -0.2) is 0 Å². The predicted molar refractivity (Wildman–Crippen MR) is 60.2 cm³/mol. The van der Waals surface area contributed by atoms with Gasteiger partial charge in [-0.05, 0) is 25.3 Å². The van der Waals surface area contributed by atoms with Crippen molar-refractivity contribution in [2.75, 3.05) is 25.6 Å². The summed E-state index contributed by atoms with van der Waals surface area (Å²) in [6.07, 6.45) is 2.94. The molecule has 4 heteroatoms. The van der Waals surface area contributed by atoms with E-state index in [4.69, 9.17) is 9.84 Å². The number of methoxy groups -OCH3 is 1. The van der Waals surface area contributed by atoms with Crippen LogP contribution < -0.4 is 10.1 Å². The van der Waals surface area contributed by atoms with Crippen molar-refractivity contribution < 1.29 is 9.84 Å². The van der Waals surface area contributed by atoms with Crippen molar-refractivity contribution >= 4 is 5.82 Å². The van der Waals surface area contributed by atoms with Crippen LogP contribution in [0, 0.1) is 0 Å². The van der Waals surface area contributed by atoms with Gasteiger partial charge in [-0.3, -0.25) is 0 Å². The second kappa shape index (κ2) is 7.06. The molecule has 0 aliphatic rings. The lowest BCUT2D eigenvalue weighted by molar-refractivity contribution is 0.283. The molecule has 15 heavy (non-hydrogen) atoms. The van der Waals surface area contributed by atoms with Crippen molar-refractivity contribution in [3.63, 3.8) is 0 Å². The highest BCUT2D eigenvalue weighted by Crippen LogP contribution is 2.10. The average molecular weight is 210 g/mol. The van der Waals surface area contributed by atoms with E-state index in [9.17, 15) is 0 Å². The molecule has 0 unspecified atom stereocenters. The van der Waals surface area contributed by atoms with E-state index in [1.807, 2.05) is 18.2 Å². The molecule has 1 heterocycles. The minimum atomic E-state index is 0.275. The quantitative estimate of drug-likeness (QED) is 0.672. The van der Waals surface area contributed by atoms with Gasteiger partial charge >= 0.3 is 0 Å². The number of hydrogen-bond acceptors (Lipinski definition) is 4. The smallest absolute Gasteiger partial charge is 0.214 e. The van der Waals surface area contributed by atoms with Crippen LogP contribution in [-0.2, 0) is 0 Å². The van der Waals surface area contributed by atoms with Crippen LogP contribution in [-0.4, -0.2) is 30.4 Å². The average Bonchev–Trinajstić information content (AvgIpc) is 2.29. The first-order valence-electron chi connectivity index (χ1n) is 5.22. The minimum Gasteiger partial charge on any atom is -0.481 e. The normalized spacial score (nSPS) is 10.0. The summed E-state index contributed by atoms with van der Waals surface area (Å²) in [5.41, 5.74) is 0. The lowest BCUT2D eigenvalue weighted by Gasteiger charge is -2.06. The Morgan fingerprint density at radius 3 is 2.93 bits per heavy atom. The highest BCUT2D eigenvalue weighted by Gasteiger charge is 1.95. The molecule has 1 rings (SSSR count). The number of anilines is 1. The van der Waals surface area contributed by atoms with Gasteiger partial charge < -0.3 is 15.2 Å². The maximum absolute atomic E-state index is 8.60. The highest BCUT2D eigenvalue weighted by atomic mass is 16.5. The molecule has 0 fully saturated rings. The van der Waals surface area contributed by atoms with Crippen molar-refractivity contribution in [1.82, 2.24) is 4.98 Å². The Kier molecular flexibility index (Phi) is 5.55. The van der Waals surface area contributed by atoms with Crippen LogP contribution in [0.5, 0.6) is 5.88 Å². The van der Waals surface area contributed by atoms with E-state index >= 15 is 0 Å². The summed E-state index contributed by atoms with van der Waals surface area (Å²) in [5, 5.41) is 11.8. The van der Waals surface area contributed by atoms with Crippen molar-refractivity contribution in [2.45, 2.75) is 19.3 Å². The molecule has 0 aromatic carbocycles. The van der Waals surface area contributed by atoms with E-state index in [-0.39, 0.29) is 6.61 Å². The molecule has 0 aliphatic carbocycles. The molecule has 1 aromatic rings. The predicted octanol–water partition coefficient (Wildman–Crippen LogP) is 1.66. The Bertz CT molecular complexity index is 279. The van der Waals surface area contributed by atoms with Gasteiger partial charge in [0.25, 0.3) is 0 Å². The number of ether oxygens (including phenoxy) is 1. The van der Waals surface area contributed by atoms with Crippen LogP contribution in [0.1, 0.15) is 19.3 Å². The second-order valence-corrected chi connectivity index (χ2v) is 3.28. The Hall–Kier alpha value is -1.29. The van der Waals surface area contributed by atoms with E-state index in [0.717, 1.165) is 31.6 Å². The van der Waals surface area contributed by atoms with Gasteiger partial charge in [0, 0.05) is 19.2 Å². The van der Waals surface area contributed by atoms with Gasteiger partial charge in [0.15, 0.2) is 0 Å². The van der Waals surface area contributed by atoms with Crippen LogP contribution in [0.2, 0.25) is 0 Å². The second-order valence-electron chi connectivity index (χ2n) is 3.28. The zero-order valence-electron chi connectivity index (χ0n) is 9.07. The fourth-order valence-electron chi connectivity index (χ4n) is 1.26. The largest absolute Gasteiger partial charge is 0.481 e. The van der Waals surface area contributed by atoms with Gasteiger partial charge in [0.1, 0.15) is 5.82 Å². The summed E-state index contributed by atoms with van der Waals surface area (Å²) in [7, 11) is 1.60. The number of aliphatic hydroxyl groups excluding tert-OH is 1. The van der Waals surface area contributed by atoms with Crippen molar-refractivity contribution in [2.24, 2.45) is 0 Å². The maximum Gasteiger partial charge on any atom is 0.214 e. The number of aromatic nitrogens is 1. The third kappa shape index (κ3) is 4.65. The fourth-order valence-corrected chi connectivity index (χ4v) is 1.26. The Morgan fingerprint density at radius 2 is 2.20 bits per heavy atom. The molecule has 1 aromatic heterocycles. The number of hydrogen-bond donors (Lipinski definition) is 2. The molecule has 0 spiro atoms. The zero-order chi connectivity index (χ0) is 10.9. The third-order valence-corrected chi connectivity index (χ3v) is 2.07. The lowest BCUT2D eigenvalue weighted by atomic mass is 10.2. The van der Waals surface area contributed by atoms with Crippen LogP contribution >= 0.6 is 0 Å². The van der Waals surface area contributed by atoms with Gasteiger partial charge in [0.2, 0.25) is 5.88 Å². The molecule has 0 aliphatic heterocycles. The molecule has 84 valence electrons. The molecule has 2 N–H and O–H groups in total. The number of nitrogens with zero attached hydrogens (tertiary/aromatic N) is 1. The Labute approximate surface area is 90.3 Å². The number of pyridine rings is 1. The van der Waals surface area contributed by atoms with Crippen LogP contribution in [0.25, 0.3) is 0 Å². The van der Waals surface area contributed by atoms with Gasteiger partial charge in [-0.2, -0.15) is 4.98 Å². The topological polar surface area (TPSA) is 54.4 Å². The lowest BCUT2D eigenvalue weighted by Crippen LogP contribution is -2.03. The fraction of sp³-hybridized carbons (Fsp3) is 0.545. The summed E-state index contributed by atoms with van der Waals surface area (Å²) < 4.78 is 5.02. The number of unbranched alkanes of at least 4 members (excludes halogenated alkanes) is 2. The summed E-state index contributed by atoms with van der Waals surface area (Å²) in [5.74, 6) is 1.45. The highest BCUT2D eigenvalue weighted by molar-refractivity contribution is 5.36. The first kappa shape index (κ1) is 11.8. The molecule has 4 nitrogen and oxygen atoms in total. The van der Waals surface area contributed by atoms with Crippen molar-refractivity contribution in [3.05, 3.63) is 18.2 Å². The molecular weight excluding hydrogens is 192 g/mol. The van der Waals surface area contributed by atoms with E-state index < -0.39 is 0 Å². The molecule has 0 radical (unpaired) electrons. The number of rotatable bonds is 7. The Morgan fingerprint density at radius 1 is 1.33 bits per heavy atom. The van der Waals surface area contributed by atoms with Gasteiger partial charge in [0.05, 0.1) is 7.11 Å². The van der Waals surface area contributed by atoms with Crippen LogP contribution in [0.4, 0.5) is 5.82 Å². The third-order valence-electron chi connectivity index (χ3n) is 2.07. The van der Waals surface area contributed by atoms with Crippen molar-refractivity contribution in [3.8, 4) is 5.88 Å². The SMILES string of the molecule is COc1cccc(NCCCCCO)n1. The summed E-state index contributed by atoms with van der Waals surface area (Å²) >= 11 is 0. The molecule has 0 amide bonds. The van der Waals surface area contributed by atoms with Crippen LogP contribution in [0.3, 0.4) is 0 Å². The maximum atomic E-state index is 8.60. The standard InChI is InChI=1S/C11H18N2O2/c1-15-11-7-5-6-10(13-11)12-8-3-2-4-9-14/h5-7,14H,2-4,8-9H2,1H3,(H,12,13). The van der Waals surface area contributed by atoms with E-state index in [2.05, 4.69) is 10.3 Å². The monoisotopic (exact) mass is 210 g/mol. The van der Waals surface area contributed by atoms with Gasteiger partial charge in [-0.15, -0.1) is 0 Å². The number of nitrogens with one attached hydrogen (secondary N) is 1. The molecule has 0 bridgehead atoms. The minimum absolute atomic E-state index is 0.275. The molecular formula is C11H18N2O2.